The fourth-order valence-corrected chi connectivity index (χ4v) is 1.41. The Balaban J connectivity index is 2.13. The van der Waals surface area contributed by atoms with Gasteiger partial charge in [-0.25, -0.2) is 0 Å². The lowest BCUT2D eigenvalue weighted by Crippen LogP contribution is -2.10. The van der Waals surface area contributed by atoms with Crippen molar-refractivity contribution < 1.29 is 9.57 Å². The topological polar surface area (TPSA) is 43.7 Å². The molecular weight excluding hydrogens is 248 g/mol. The molecule has 1 atom stereocenters. The summed E-state index contributed by atoms with van der Waals surface area (Å²) in [5.41, 5.74) is 1.65. The van der Waals surface area contributed by atoms with Crippen LogP contribution in [0.15, 0.2) is 28.0 Å². The van der Waals surface area contributed by atoms with Crippen molar-refractivity contribution in [1.29, 1.82) is 0 Å². The van der Waals surface area contributed by atoms with Crippen molar-refractivity contribution in [2.45, 2.75) is 12.7 Å². The van der Waals surface area contributed by atoms with E-state index < -0.39 is 0 Å². The standard InChI is InChI=1S/C9H9BrN2O2/c1-13-9-4-8(12-14-9)7-3-2-6(10)5-11-7/h2-3,5,9H,4H2,1H3. The molecule has 0 radical (unpaired) electrons. The number of oxime groups is 1. The Kier molecular flexibility index (Phi) is 2.79. The summed E-state index contributed by atoms with van der Waals surface area (Å²) in [6.07, 6.45) is 2.11. The molecule has 1 unspecified atom stereocenters. The second kappa shape index (κ2) is 4.06. The number of rotatable bonds is 2. The van der Waals surface area contributed by atoms with Gasteiger partial charge in [0.05, 0.1) is 12.1 Å². The van der Waals surface area contributed by atoms with Crippen LogP contribution in [0, 0.1) is 0 Å². The average Bonchev–Trinajstić information content (AvgIpc) is 2.67. The van der Waals surface area contributed by atoms with Crippen LogP contribution in [0.25, 0.3) is 0 Å². The van der Waals surface area contributed by atoms with E-state index in [1.807, 2.05) is 12.1 Å². The molecule has 1 aromatic rings. The van der Waals surface area contributed by atoms with Gasteiger partial charge in [0, 0.05) is 17.8 Å². The third-order valence-electron chi connectivity index (χ3n) is 1.93. The highest BCUT2D eigenvalue weighted by atomic mass is 79.9. The molecule has 0 spiro atoms. The van der Waals surface area contributed by atoms with Gasteiger partial charge in [-0.05, 0) is 28.1 Å². The second-order valence-corrected chi connectivity index (χ2v) is 3.79. The van der Waals surface area contributed by atoms with E-state index in [0.29, 0.717) is 6.42 Å². The zero-order chi connectivity index (χ0) is 9.97. The summed E-state index contributed by atoms with van der Waals surface area (Å²) in [7, 11) is 1.60. The van der Waals surface area contributed by atoms with Gasteiger partial charge in [0.25, 0.3) is 0 Å². The predicted molar refractivity (Wildman–Crippen MR) is 55.0 cm³/mol. The third kappa shape index (κ3) is 1.93. The SMILES string of the molecule is COC1CC(c2ccc(Br)cn2)=NO1. The van der Waals surface area contributed by atoms with Gasteiger partial charge in [0.1, 0.15) is 5.71 Å². The Labute approximate surface area is 90.0 Å². The van der Waals surface area contributed by atoms with Gasteiger partial charge >= 0.3 is 0 Å². The molecule has 4 nitrogen and oxygen atoms in total. The fraction of sp³-hybridized carbons (Fsp3) is 0.333. The van der Waals surface area contributed by atoms with Gasteiger partial charge in [-0.2, -0.15) is 0 Å². The first-order valence-electron chi connectivity index (χ1n) is 4.17. The Morgan fingerprint density at radius 1 is 1.57 bits per heavy atom. The summed E-state index contributed by atoms with van der Waals surface area (Å²) in [5.74, 6) is 0. The van der Waals surface area contributed by atoms with Gasteiger partial charge in [-0.15, -0.1) is 0 Å². The van der Waals surface area contributed by atoms with E-state index in [1.54, 1.807) is 13.3 Å². The van der Waals surface area contributed by atoms with Gasteiger partial charge in [0.2, 0.25) is 6.29 Å². The van der Waals surface area contributed by atoms with Crippen molar-refractivity contribution in [2.24, 2.45) is 5.16 Å². The maximum absolute atomic E-state index is 5.01. The molecule has 0 saturated heterocycles. The molecule has 1 aliphatic heterocycles. The van der Waals surface area contributed by atoms with Gasteiger partial charge < -0.3 is 9.57 Å². The summed E-state index contributed by atoms with van der Waals surface area (Å²) in [4.78, 5) is 9.23. The summed E-state index contributed by atoms with van der Waals surface area (Å²) >= 11 is 3.32. The lowest BCUT2D eigenvalue weighted by molar-refractivity contribution is -0.103. The van der Waals surface area contributed by atoms with Crippen molar-refractivity contribution in [3.05, 3.63) is 28.5 Å². The number of pyridine rings is 1. The van der Waals surface area contributed by atoms with E-state index in [1.165, 1.54) is 0 Å². The van der Waals surface area contributed by atoms with Crippen LogP contribution >= 0.6 is 15.9 Å². The molecule has 74 valence electrons. The van der Waals surface area contributed by atoms with Gasteiger partial charge in [0.15, 0.2) is 0 Å². The van der Waals surface area contributed by atoms with Crippen LogP contribution < -0.4 is 0 Å². The highest BCUT2D eigenvalue weighted by molar-refractivity contribution is 9.10. The maximum Gasteiger partial charge on any atom is 0.232 e. The summed E-state index contributed by atoms with van der Waals surface area (Å²) in [6.45, 7) is 0. The molecule has 0 N–H and O–H groups in total. The van der Waals surface area contributed by atoms with Crippen LogP contribution in [0.5, 0.6) is 0 Å². The number of hydrogen-bond acceptors (Lipinski definition) is 4. The summed E-state index contributed by atoms with van der Waals surface area (Å²) < 4.78 is 5.96. The smallest absolute Gasteiger partial charge is 0.232 e. The van der Waals surface area contributed by atoms with Gasteiger partial charge in [-0.3, -0.25) is 4.98 Å². The number of methoxy groups -OCH3 is 1. The Bertz CT molecular complexity index is 350. The maximum atomic E-state index is 5.01. The minimum Gasteiger partial charge on any atom is -0.363 e. The quantitative estimate of drug-likeness (QED) is 0.813. The van der Waals surface area contributed by atoms with E-state index >= 15 is 0 Å². The largest absolute Gasteiger partial charge is 0.363 e. The zero-order valence-electron chi connectivity index (χ0n) is 7.61. The average molecular weight is 257 g/mol. The zero-order valence-corrected chi connectivity index (χ0v) is 9.19. The molecule has 1 aliphatic rings. The third-order valence-corrected chi connectivity index (χ3v) is 2.40. The second-order valence-electron chi connectivity index (χ2n) is 2.87. The Hall–Kier alpha value is -0.940. The molecule has 0 aliphatic carbocycles. The van der Waals surface area contributed by atoms with E-state index in [2.05, 4.69) is 26.1 Å². The number of hydrogen-bond donors (Lipinski definition) is 0. The van der Waals surface area contributed by atoms with E-state index in [9.17, 15) is 0 Å². The van der Waals surface area contributed by atoms with Gasteiger partial charge in [-0.1, -0.05) is 5.16 Å². The molecule has 0 aromatic carbocycles. The minimum atomic E-state index is -0.268. The number of aromatic nitrogens is 1. The molecule has 0 saturated carbocycles. The summed E-state index contributed by atoms with van der Waals surface area (Å²) in [5, 5.41) is 3.90. The lowest BCUT2D eigenvalue weighted by atomic mass is 10.2. The fourth-order valence-electron chi connectivity index (χ4n) is 1.18. The molecule has 14 heavy (non-hydrogen) atoms. The highest BCUT2D eigenvalue weighted by Gasteiger charge is 2.21. The van der Waals surface area contributed by atoms with E-state index in [-0.39, 0.29) is 6.29 Å². The summed E-state index contributed by atoms with van der Waals surface area (Å²) in [6, 6.07) is 3.81. The van der Waals surface area contributed by atoms with Crippen LogP contribution in [0.2, 0.25) is 0 Å². The normalized spacial score (nSPS) is 20.4. The Morgan fingerprint density at radius 3 is 3.00 bits per heavy atom. The van der Waals surface area contributed by atoms with E-state index in [4.69, 9.17) is 9.57 Å². The van der Waals surface area contributed by atoms with E-state index in [0.717, 1.165) is 15.9 Å². The first-order chi connectivity index (χ1) is 6.79. The van der Waals surface area contributed by atoms with Crippen LogP contribution in [0.4, 0.5) is 0 Å². The molecule has 2 rings (SSSR count). The monoisotopic (exact) mass is 256 g/mol. The van der Waals surface area contributed by atoms with Crippen molar-refractivity contribution in [3.8, 4) is 0 Å². The Morgan fingerprint density at radius 2 is 2.43 bits per heavy atom. The molecule has 5 heteroatoms. The molecule has 0 bridgehead atoms. The number of ether oxygens (including phenoxy) is 1. The van der Waals surface area contributed by atoms with Crippen LogP contribution in [0.3, 0.4) is 0 Å². The lowest BCUT2D eigenvalue weighted by Gasteiger charge is -2.02. The molecule has 0 amide bonds. The van der Waals surface area contributed by atoms with Crippen molar-refractivity contribution >= 4 is 21.6 Å². The minimum absolute atomic E-state index is 0.268. The number of halogens is 1. The number of nitrogens with zero attached hydrogens (tertiary/aromatic N) is 2. The van der Waals surface area contributed by atoms with Crippen LogP contribution in [-0.4, -0.2) is 24.1 Å². The van der Waals surface area contributed by atoms with Crippen molar-refractivity contribution in [2.75, 3.05) is 7.11 Å². The molecule has 0 fully saturated rings. The first kappa shape index (κ1) is 9.61. The highest BCUT2D eigenvalue weighted by Crippen LogP contribution is 2.16. The van der Waals surface area contributed by atoms with Crippen LogP contribution in [0.1, 0.15) is 12.1 Å². The van der Waals surface area contributed by atoms with Crippen LogP contribution in [-0.2, 0) is 9.57 Å². The molecule has 2 heterocycles. The predicted octanol–water partition coefficient (Wildman–Crippen LogP) is 1.94. The first-order valence-corrected chi connectivity index (χ1v) is 4.96. The molecule has 1 aromatic heterocycles. The van der Waals surface area contributed by atoms with Crippen molar-refractivity contribution in [1.82, 2.24) is 4.98 Å². The molecular formula is C9H9BrN2O2. The van der Waals surface area contributed by atoms with Crippen molar-refractivity contribution in [3.63, 3.8) is 0 Å².